The largest absolute Gasteiger partial charge is 0.294 e. The van der Waals surface area contributed by atoms with Crippen LogP contribution in [0.5, 0.6) is 0 Å². The van der Waals surface area contributed by atoms with E-state index in [1.165, 1.54) is 5.56 Å². The van der Waals surface area contributed by atoms with Crippen LogP contribution in [0.2, 0.25) is 0 Å². The second kappa shape index (κ2) is 5.58. The van der Waals surface area contributed by atoms with Crippen LogP contribution < -0.4 is 0 Å². The molecule has 0 saturated carbocycles. The molecule has 0 fully saturated rings. The predicted molar refractivity (Wildman–Crippen MR) is 72.5 cm³/mol. The Morgan fingerprint density at radius 1 is 1.22 bits per heavy atom. The summed E-state index contributed by atoms with van der Waals surface area (Å²) in [5.74, 6) is 0.128. The molecule has 1 heterocycles. The molecule has 18 heavy (non-hydrogen) atoms. The molecule has 1 aromatic carbocycles. The smallest absolute Gasteiger partial charge is 0.163 e. The Bertz CT molecular complexity index is 561. The fourth-order valence-corrected chi connectivity index (χ4v) is 1.86. The Balaban J connectivity index is 2.03. The van der Waals surface area contributed by atoms with E-state index in [0.29, 0.717) is 6.42 Å². The first-order valence-electron chi connectivity index (χ1n) is 6.01. The van der Waals surface area contributed by atoms with E-state index in [0.717, 1.165) is 16.8 Å². The molecular weight excluding hydrogens is 222 g/mol. The highest BCUT2D eigenvalue weighted by molar-refractivity contribution is 5.97. The molecule has 0 spiro atoms. The quantitative estimate of drug-likeness (QED) is 0.763. The molecule has 0 atom stereocenters. The van der Waals surface area contributed by atoms with E-state index < -0.39 is 0 Å². The van der Waals surface area contributed by atoms with Crippen molar-refractivity contribution in [3.63, 3.8) is 0 Å². The van der Waals surface area contributed by atoms with Crippen molar-refractivity contribution < 1.29 is 4.79 Å². The van der Waals surface area contributed by atoms with Crippen molar-refractivity contribution in [2.24, 2.45) is 0 Å². The summed E-state index contributed by atoms with van der Waals surface area (Å²) in [6.45, 7) is 3.94. The Hall–Kier alpha value is -1.96. The number of hydrogen-bond donors (Lipinski definition) is 0. The minimum atomic E-state index is 0.128. The fraction of sp³-hybridized carbons (Fsp3) is 0.188. The van der Waals surface area contributed by atoms with Gasteiger partial charge in [-0.1, -0.05) is 24.3 Å². The van der Waals surface area contributed by atoms with E-state index in [9.17, 15) is 4.79 Å². The number of nitrogens with zero attached hydrogens (tertiary/aromatic N) is 1. The van der Waals surface area contributed by atoms with Crippen molar-refractivity contribution in [1.82, 2.24) is 4.98 Å². The van der Waals surface area contributed by atoms with Crippen LogP contribution in [0.4, 0.5) is 0 Å². The van der Waals surface area contributed by atoms with Crippen LogP contribution in [0.15, 0.2) is 42.6 Å². The van der Waals surface area contributed by atoms with E-state index in [2.05, 4.69) is 4.98 Å². The van der Waals surface area contributed by atoms with Crippen LogP contribution in [0.3, 0.4) is 0 Å². The normalized spacial score (nSPS) is 10.3. The van der Waals surface area contributed by atoms with Crippen molar-refractivity contribution in [2.75, 3.05) is 0 Å². The lowest BCUT2D eigenvalue weighted by molar-refractivity contribution is 0.0992. The molecule has 0 aliphatic rings. The number of benzene rings is 1. The van der Waals surface area contributed by atoms with Gasteiger partial charge in [-0.05, 0) is 43.5 Å². The monoisotopic (exact) mass is 238 g/mol. The van der Waals surface area contributed by atoms with Crippen LogP contribution in [-0.4, -0.2) is 10.8 Å². The standard InChI is InChI=1S/C16H16NO/c1-12-5-3-4-6-14(12)7-8-16(18)15-9-10-17-13(2)11-15/h3-7,9-11H,8H2,1-2H3. The third-order valence-electron chi connectivity index (χ3n) is 2.91. The molecule has 0 saturated heterocycles. The van der Waals surface area contributed by atoms with Gasteiger partial charge in [0.2, 0.25) is 0 Å². The summed E-state index contributed by atoms with van der Waals surface area (Å²) in [7, 11) is 0. The van der Waals surface area contributed by atoms with Gasteiger partial charge in [-0.2, -0.15) is 0 Å². The maximum absolute atomic E-state index is 12.0. The van der Waals surface area contributed by atoms with Gasteiger partial charge < -0.3 is 0 Å². The van der Waals surface area contributed by atoms with Crippen molar-refractivity contribution in [3.8, 4) is 0 Å². The molecule has 2 rings (SSSR count). The fourth-order valence-electron chi connectivity index (χ4n) is 1.86. The summed E-state index contributed by atoms with van der Waals surface area (Å²) in [5, 5.41) is 0. The minimum absolute atomic E-state index is 0.128. The van der Waals surface area contributed by atoms with Crippen LogP contribution in [0.25, 0.3) is 0 Å². The Labute approximate surface area is 108 Å². The van der Waals surface area contributed by atoms with E-state index in [1.807, 2.05) is 50.6 Å². The molecule has 2 heteroatoms. The zero-order chi connectivity index (χ0) is 13.0. The topological polar surface area (TPSA) is 30.0 Å². The molecule has 0 unspecified atom stereocenters. The van der Waals surface area contributed by atoms with Gasteiger partial charge in [0.15, 0.2) is 5.78 Å². The first-order valence-corrected chi connectivity index (χ1v) is 6.01. The Kier molecular flexibility index (Phi) is 3.88. The number of carbonyl (C=O) groups is 1. The van der Waals surface area contributed by atoms with Crippen molar-refractivity contribution in [2.45, 2.75) is 20.3 Å². The van der Waals surface area contributed by atoms with E-state index >= 15 is 0 Å². The van der Waals surface area contributed by atoms with Crippen molar-refractivity contribution in [1.29, 1.82) is 0 Å². The lowest BCUT2D eigenvalue weighted by Crippen LogP contribution is -2.01. The lowest BCUT2D eigenvalue weighted by Gasteiger charge is -2.05. The Morgan fingerprint density at radius 3 is 2.72 bits per heavy atom. The lowest BCUT2D eigenvalue weighted by atomic mass is 10.00. The van der Waals surface area contributed by atoms with Crippen LogP contribution in [0.1, 0.15) is 33.6 Å². The highest BCUT2D eigenvalue weighted by Gasteiger charge is 2.07. The average molecular weight is 238 g/mol. The predicted octanol–water partition coefficient (Wildman–Crippen LogP) is 3.52. The molecule has 1 radical (unpaired) electrons. The number of carbonyl (C=O) groups excluding carboxylic acids is 1. The van der Waals surface area contributed by atoms with Gasteiger partial charge in [0.25, 0.3) is 0 Å². The van der Waals surface area contributed by atoms with E-state index in [4.69, 9.17) is 0 Å². The number of aryl methyl sites for hydroxylation is 2. The summed E-state index contributed by atoms with van der Waals surface area (Å²) >= 11 is 0. The van der Waals surface area contributed by atoms with Gasteiger partial charge in [-0.3, -0.25) is 9.78 Å². The zero-order valence-electron chi connectivity index (χ0n) is 10.7. The second-order valence-corrected chi connectivity index (χ2v) is 4.37. The number of ketones is 1. The molecular formula is C16H16NO. The van der Waals surface area contributed by atoms with Crippen LogP contribution in [0, 0.1) is 20.3 Å². The van der Waals surface area contributed by atoms with Gasteiger partial charge in [0, 0.05) is 23.9 Å². The zero-order valence-corrected chi connectivity index (χ0v) is 10.7. The molecule has 2 aromatic rings. The molecule has 0 aliphatic heterocycles. The highest BCUT2D eigenvalue weighted by Crippen LogP contribution is 2.14. The first kappa shape index (κ1) is 12.5. The molecule has 0 bridgehead atoms. The minimum Gasteiger partial charge on any atom is -0.294 e. The molecule has 1 aromatic heterocycles. The number of rotatable bonds is 4. The van der Waals surface area contributed by atoms with Crippen LogP contribution >= 0.6 is 0 Å². The third-order valence-corrected chi connectivity index (χ3v) is 2.91. The first-order chi connectivity index (χ1) is 8.66. The van der Waals surface area contributed by atoms with Crippen molar-refractivity contribution >= 4 is 5.78 Å². The van der Waals surface area contributed by atoms with Gasteiger partial charge in [-0.25, -0.2) is 0 Å². The van der Waals surface area contributed by atoms with Crippen LogP contribution in [-0.2, 0) is 0 Å². The molecule has 0 amide bonds. The van der Waals surface area contributed by atoms with E-state index in [-0.39, 0.29) is 5.78 Å². The summed E-state index contributed by atoms with van der Waals surface area (Å²) in [5.41, 5.74) is 3.91. The Morgan fingerprint density at radius 2 is 2.00 bits per heavy atom. The molecule has 2 nitrogen and oxygen atoms in total. The van der Waals surface area contributed by atoms with Gasteiger partial charge in [-0.15, -0.1) is 0 Å². The molecule has 0 N–H and O–H groups in total. The highest BCUT2D eigenvalue weighted by atomic mass is 16.1. The number of pyridine rings is 1. The number of hydrogen-bond acceptors (Lipinski definition) is 2. The SMILES string of the molecule is Cc1cc(C(=O)C[CH]c2ccccc2C)ccn1. The summed E-state index contributed by atoms with van der Waals surface area (Å²) in [6, 6.07) is 11.7. The van der Waals surface area contributed by atoms with Gasteiger partial charge in [0.05, 0.1) is 0 Å². The second-order valence-electron chi connectivity index (χ2n) is 4.37. The average Bonchev–Trinajstić information content (AvgIpc) is 2.37. The van der Waals surface area contributed by atoms with Gasteiger partial charge in [0.1, 0.15) is 0 Å². The summed E-state index contributed by atoms with van der Waals surface area (Å²) < 4.78 is 0. The summed E-state index contributed by atoms with van der Waals surface area (Å²) in [6.07, 6.45) is 4.08. The third kappa shape index (κ3) is 3.04. The number of aromatic nitrogens is 1. The maximum atomic E-state index is 12.0. The maximum Gasteiger partial charge on any atom is 0.163 e. The summed E-state index contributed by atoms with van der Waals surface area (Å²) in [4.78, 5) is 16.1. The van der Waals surface area contributed by atoms with Crippen molar-refractivity contribution in [3.05, 3.63) is 71.4 Å². The molecule has 0 aliphatic carbocycles. The van der Waals surface area contributed by atoms with E-state index in [1.54, 1.807) is 12.3 Å². The van der Waals surface area contributed by atoms with Gasteiger partial charge >= 0.3 is 0 Å². The molecule has 91 valence electrons. The number of Topliss-reactive ketones (excluding diaryl/α,β-unsaturated/α-hetero) is 1.